The van der Waals surface area contributed by atoms with Crippen LogP contribution in [0.15, 0.2) is 23.1 Å². The number of nitro benzene ring substituents is 1. The average molecular weight is 313 g/mol. The van der Waals surface area contributed by atoms with Crippen LogP contribution in [0.5, 0.6) is 0 Å². The van der Waals surface area contributed by atoms with Gasteiger partial charge in [-0.25, -0.2) is 8.42 Å². The zero-order valence-electron chi connectivity index (χ0n) is 12.3. The van der Waals surface area contributed by atoms with E-state index in [4.69, 9.17) is 0 Å². The van der Waals surface area contributed by atoms with E-state index in [0.29, 0.717) is 18.8 Å². The van der Waals surface area contributed by atoms with Gasteiger partial charge in [-0.05, 0) is 26.0 Å². The fourth-order valence-corrected chi connectivity index (χ4v) is 3.18. The molecule has 1 heterocycles. The molecule has 0 aromatic heterocycles. The maximum absolute atomic E-state index is 11.6. The first-order chi connectivity index (χ1) is 9.63. The van der Waals surface area contributed by atoms with Gasteiger partial charge < -0.3 is 10.2 Å². The fraction of sp³-hybridized carbons (Fsp3) is 0.538. The van der Waals surface area contributed by atoms with Gasteiger partial charge in [-0.1, -0.05) is 0 Å². The summed E-state index contributed by atoms with van der Waals surface area (Å²) in [4.78, 5) is 12.7. The van der Waals surface area contributed by atoms with Crippen molar-refractivity contribution in [2.45, 2.75) is 24.3 Å². The van der Waals surface area contributed by atoms with Crippen molar-refractivity contribution >= 4 is 21.2 Å². The number of anilines is 1. The van der Waals surface area contributed by atoms with E-state index in [1.807, 2.05) is 18.7 Å². The van der Waals surface area contributed by atoms with Crippen LogP contribution in [0.4, 0.5) is 11.4 Å². The molecule has 1 aromatic rings. The van der Waals surface area contributed by atoms with Crippen LogP contribution in [0.1, 0.15) is 13.8 Å². The molecule has 8 heteroatoms. The normalized spacial score (nSPS) is 18.5. The molecule has 1 aliphatic heterocycles. The van der Waals surface area contributed by atoms with Crippen LogP contribution in [0.25, 0.3) is 0 Å². The first-order valence-corrected chi connectivity index (χ1v) is 8.49. The maximum Gasteiger partial charge on any atom is 0.293 e. The highest BCUT2D eigenvalue weighted by atomic mass is 32.2. The van der Waals surface area contributed by atoms with Gasteiger partial charge in [-0.3, -0.25) is 10.1 Å². The Kier molecular flexibility index (Phi) is 3.94. The molecule has 1 aliphatic rings. The van der Waals surface area contributed by atoms with Crippen LogP contribution in [-0.4, -0.2) is 44.8 Å². The topological polar surface area (TPSA) is 92.6 Å². The molecule has 0 bridgehead atoms. The third-order valence-corrected chi connectivity index (χ3v) is 4.77. The van der Waals surface area contributed by atoms with Gasteiger partial charge in [0.15, 0.2) is 9.84 Å². The molecular weight excluding hydrogens is 294 g/mol. The van der Waals surface area contributed by atoms with E-state index in [-0.39, 0.29) is 16.1 Å². The van der Waals surface area contributed by atoms with E-state index in [1.165, 1.54) is 12.1 Å². The Morgan fingerprint density at radius 3 is 2.57 bits per heavy atom. The van der Waals surface area contributed by atoms with Crippen molar-refractivity contribution in [1.29, 1.82) is 0 Å². The van der Waals surface area contributed by atoms with Gasteiger partial charge in [0.25, 0.3) is 5.69 Å². The minimum atomic E-state index is -3.47. The third-order valence-electron chi connectivity index (χ3n) is 3.66. The number of nitrogens with zero attached hydrogens (tertiary/aromatic N) is 2. The van der Waals surface area contributed by atoms with Crippen LogP contribution < -0.4 is 10.2 Å². The highest BCUT2D eigenvalue weighted by molar-refractivity contribution is 7.90. The van der Waals surface area contributed by atoms with Gasteiger partial charge in [0.1, 0.15) is 5.69 Å². The number of hydrogen-bond acceptors (Lipinski definition) is 6. The van der Waals surface area contributed by atoms with E-state index in [1.54, 1.807) is 0 Å². The SMILES string of the molecule is CC1(C)CNCCN1c1ccc(S(C)(=O)=O)cc1[N+](=O)[O-]. The molecule has 116 valence electrons. The second kappa shape index (κ2) is 5.27. The number of hydrogen-bond donors (Lipinski definition) is 1. The van der Waals surface area contributed by atoms with Crippen LogP contribution >= 0.6 is 0 Å². The molecule has 7 nitrogen and oxygen atoms in total. The third kappa shape index (κ3) is 3.16. The monoisotopic (exact) mass is 313 g/mol. The summed E-state index contributed by atoms with van der Waals surface area (Å²) < 4.78 is 23.2. The van der Waals surface area contributed by atoms with E-state index in [9.17, 15) is 18.5 Å². The number of piperazine rings is 1. The number of nitro groups is 1. The number of rotatable bonds is 3. The highest BCUT2D eigenvalue weighted by Gasteiger charge is 2.34. The summed E-state index contributed by atoms with van der Waals surface area (Å²) in [6, 6.07) is 4.10. The lowest BCUT2D eigenvalue weighted by Gasteiger charge is -2.44. The molecule has 0 atom stereocenters. The second-order valence-corrected chi connectivity index (χ2v) is 7.84. The van der Waals surface area contributed by atoms with Crippen molar-refractivity contribution in [3.8, 4) is 0 Å². The van der Waals surface area contributed by atoms with Gasteiger partial charge in [0, 0.05) is 37.5 Å². The van der Waals surface area contributed by atoms with Crippen molar-refractivity contribution in [3.05, 3.63) is 28.3 Å². The molecule has 0 unspecified atom stereocenters. The minimum absolute atomic E-state index is 0.0362. The Morgan fingerprint density at radius 1 is 1.38 bits per heavy atom. The van der Waals surface area contributed by atoms with Crippen molar-refractivity contribution in [2.75, 3.05) is 30.8 Å². The molecule has 0 spiro atoms. The molecule has 2 rings (SSSR count). The Hall–Kier alpha value is -1.67. The van der Waals surface area contributed by atoms with Crippen molar-refractivity contribution in [2.24, 2.45) is 0 Å². The molecule has 1 saturated heterocycles. The van der Waals surface area contributed by atoms with Gasteiger partial charge in [0.05, 0.1) is 9.82 Å². The lowest BCUT2D eigenvalue weighted by atomic mass is 9.98. The average Bonchev–Trinajstić information content (AvgIpc) is 2.36. The van der Waals surface area contributed by atoms with Crippen molar-refractivity contribution in [1.82, 2.24) is 5.32 Å². The summed E-state index contributed by atoms with van der Waals surface area (Å²) in [5.41, 5.74) is 0.00195. The summed E-state index contributed by atoms with van der Waals surface area (Å²) >= 11 is 0. The van der Waals surface area contributed by atoms with E-state index >= 15 is 0 Å². The molecule has 1 N–H and O–H groups in total. The lowest BCUT2D eigenvalue weighted by Crippen LogP contribution is -2.58. The lowest BCUT2D eigenvalue weighted by molar-refractivity contribution is -0.384. The predicted octanol–water partition coefficient (Wildman–Crippen LogP) is 1.19. The number of nitrogens with one attached hydrogen (secondary N) is 1. The van der Waals surface area contributed by atoms with Gasteiger partial charge in [-0.2, -0.15) is 0 Å². The Morgan fingerprint density at radius 2 is 2.05 bits per heavy atom. The summed E-state index contributed by atoms with van der Waals surface area (Å²) in [6.07, 6.45) is 1.04. The summed E-state index contributed by atoms with van der Waals surface area (Å²) in [5, 5.41) is 14.6. The number of sulfone groups is 1. The molecule has 21 heavy (non-hydrogen) atoms. The van der Waals surface area contributed by atoms with E-state index in [2.05, 4.69) is 5.32 Å². The molecular formula is C13H19N3O4S. The Labute approximate surface area is 124 Å². The first kappa shape index (κ1) is 15.7. The molecule has 1 fully saturated rings. The highest BCUT2D eigenvalue weighted by Crippen LogP contribution is 2.35. The Bertz CT molecular complexity index is 670. The summed E-state index contributed by atoms with van der Waals surface area (Å²) in [6.45, 7) is 6.05. The van der Waals surface area contributed by atoms with Crippen LogP contribution in [0.2, 0.25) is 0 Å². The van der Waals surface area contributed by atoms with E-state index in [0.717, 1.165) is 18.9 Å². The van der Waals surface area contributed by atoms with Crippen LogP contribution in [0.3, 0.4) is 0 Å². The molecule has 0 radical (unpaired) electrons. The van der Waals surface area contributed by atoms with Crippen LogP contribution in [-0.2, 0) is 9.84 Å². The summed E-state index contributed by atoms with van der Waals surface area (Å²) in [5.74, 6) is 0. The molecule has 0 amide bonds. The Balaban J connectivity index is 2.56. The quantitative estimate of drug-likeness (QED) is 0.665. The second-order valence-electron chi connectivity index (χ2n) is 5.82. The van der Waals surface area contributed by atoms with Crippen LogP contribution in [0, 0.1) is 10.1 Å². The fourth-order valence-electron chi connectivity index (χ4n) is 2.54. The largest absolute Gasteiger partial charge is 0.358 e. The predicted molar refractivity (Wildman–Crippen MR) is 80.5 cm³/mol. The first-order valence-electron chi connectivity index (χ1n) is 6.60. The zero-order valence-corrected chi connectivity index (χ0v) is 13.1. The minimum Gasteiger partial charge on any atom is -0.358 e. The van der Waals surface area contributed by atoms with Gasteiger partial charge in [-0.15, -0.1) is 0 Å². The molecule has 0 saturated carbocycles. The van der Waals surface area contributed by atoms with Crippen molar-refractivity contribution in [3.63, 3.8) is 0 Å². The van der Waals surface area contributed by atoms with Crippen molar-refractivity contribution < 1.29 is 13.3 Å². The number of benzene rings is 1. The molecule has 1 aromatic carbocycles. The smallest absolute Gasteiger partial charge is 0.293 e. The van der Waals surface area contributed by atoms with Gasteiger partial charge >= 0.3 is 0 Å². The summed E-state index contributed by atoms with van der Waals surface area (Å²) in [7, 11) is -3.47. The van der Waals surface area contributed by atoms with Gasteiger partial charge in [0.2, 0.25) is 0 Å². The standard InChI is InChI=1S/C13H19N3O4S/c1-13(2)9-14-6-7-15(13)11-5-4-10(21(3,19)20)8-12(11)16(17)18/h4-5,8,14H,6-7,9H2,1-3H3. The van der Waals surface area contributed by atoms with E-state index < -0.39 is 14.8 Å². The zero-order chi connectivity index (χ0) is 15.8. The molecule has 0 aliphatic carbocycles. The maximum atomic E-state index is 11.6.